The van der Waals surface area contributed by atoms with Crippen LogP contribution >= 0.6 is 0 Å². The second-order valence-electron chi connectivity index (χ2n) is 5.52. The summed E-state index contributed by atoms with van der Waals surface area (Å²) in [6, 6.07) is 7.33. The summed E-state index contributed by atoms with van der Waals surface area (Å²) >= 11 is 0. The third-order valence-electron chi connectivity index (χ3n) is 3.87. The number of hydrogen-bond acceptors (Lipinski definition) is 6. The SMILES string of the molecule is Cn1c([N+](=O)[O-])cnc1COc1ccc(/N=C/N2CCOCC2)cc1. The summed E-state index contributed by atoms with van der Waals surface area (Å²) in [5.41, 5.74) is 0.825. The molecular formula is C16H19N5O4. The van der Waals surface area contributed by atoms with Gasteiger partial charge in [-0.25, -0.2) is 14.5 Å². The van der Waals surface area contributed by atoms with Gasteiger partial charge in [0.05, 0.1) is 32.3 Å². The highest BCUT2D eigenvalue weighted by molar-refractivity contribution is 5.61. The lowest BCUT2D eigenvalue weighted by atomic mass is 10.3. The molecule has 2 aromatic rings. The maximum absolute atomic E-state index is 10.8. The zero-order chi connectivity index (χ0) is 17.6. The van der Waals surface area contributed by atoms with Crippen LogP contribution in [0.25, 0.3) is 0 Å². The Hall–Kier alpha value is -2.94. The number of ether oxygens (including phenoxy) is 2. The lowest BCUT2D eigenvalue weighted by Crippen LogP contribution is -2.34. The molecule has 25 heavy (non-hydrogen) atoms. The van der Waals surface area contributed by atoms with Crippen molar-refractivity contribution < 1.29 is 14.4 Å². The molecule has 0 unspecified atom stereocenters. The minimum atomic E-state index is -0.474. The van der Waals surface area contributed by atoms with Gasteiger partial charge in [0.2, 0.25) is 5.82 Å². The van der Waals surface area contributed by atoms with Crippen molar-refractivity contribution in [1.29, 1.82) is 0 Å². The van der Waals surface area contributed by atoms with E-state index in [9.17, 15) is 10.1 Å². The molecule has 0 amide bonds. The first-order chi connectivity index (χ1) is 12.1. The van der Waals surface area contributed by atoms with Crippen molar-refractivity contribution in [1.82, 2.24) is 14.5 Å². The van der Waals surface area contributed by atoms with Gasteiger partial charge in [-0.15, -0.1) is 0 Å². The van der Waals surface area contributed by atoms with Crippen LogP contribution in [0.3, 0.4) is 0 Å². The molecule has 1 aliphatic rings. The molecule has 9 heteroatoms. The van der Waals surface area contributed by atoms with Crippen LogP contribution in [0.2, 0.25) is 0 Å². The first-order valence-electron chi connectivity index (χ1n) is 7.87. The van der Waals surface area contributed by atoms with Crippen molar-refractivity contribution in [2.24, 2.45) is 12.0 Å². The average molecular weight is 345 g/mol. The second kappa shape index (κ2) is 7.75. The van der Waals surface area contributed by atoms with Crippen molar-refractivity contribution in [3.8, 4) is 5.75 Å². The van der Waals surface area contributed by atoms with E-state index in [1.807, 2.05) is 30.6 Å². The predicted molar refractivity (Wildman–Crippen MR) is 91.2 cm³/mol. The summed E-state index contributed by atoms with van der Waals surface area (Å²) in [5, 5.41) is 10.8. The van der Waals surface area contributed by atoms with Gasteiger partial charge < -0.3 is 24.5 Å². The Morgan fingerprint density at radius 2 is 2.08 bits per heavy atom. The maximum atomic E-state index is 10.8. The number of aromatic nitrogens is 2. The summed E-state index contributed by atoms with van der Waals surface area (Å²) < 4.78 is 12.3. The van der Waals surface area contributed by atoms with Crippen molar-refractivity contribution in [3.63, 3.8) is 0 Å². The molecule has 0 saturated carbocycles. The van der Waals surface area contributed by atoms with E-state index in [-0.39, 0.29) is 12.4 Å². The van der Waals surface area contributed by atoms with Crippen LogP contribution in [-0.4, -0.2) is 52.0 Å². The Balaban J connectivity index is 1.55. The number of benzene rings is 1. The van der Waals surface area contributed by atoms with Gasteiger partial charge >= 0.3 is 5.82 Å². The Morgan fingerprint density at radius 1 is 1.36 bits per heavy atom. The van der Waals surface area contributed by atoms with Crippen molar-refractivity contribution >= 4 is 17.8 Å². The maximum Gasteiger partial charge on any atom is 0.342 e. The molecule has 1 aliphatic heterocycles. The van der Waals surface area contributed by atoms with E-state index in [4.69, 9.17) is 9.47 Å². The summed E-state index contributed by atoms with van der Waals surface area (Å²) in [7, 11) is 1.59. The van der Waals surface area contributed by atoms with Crippen molar-refractivity contribution in [2.75, 3.05) is 26.3 Å². The van der Waals surface area contributed by atoms with Gasteiger partial charge in [0.15, 0.2) is 6.61 Å². The van der Waals surface area contributed by atoms with E-state index in [1.165, 1.54) is 10.8 Å². The summed E-state index contributed by atoms with van der Waals surface area (Å²) in [4.78, 5) is 20.9. The molecule has 132 valence electrons. The lowest BCUT2D eigenvalue weighted by Gasteiger charge is -2.24. The number of rotatable bonds is 6. The molecule has 0 spiro atoms. The van der Waals surface area contributed by atoms with E-state index in [2.05, 4.69) is 14.9 Å². The molecule has 2 heterocycles. The standard InChI is InChI=1S/C16H19N5O4/c1-19-15(17-10-16(19)21(22)23)11-25-14-4-2-13(3-5-14)18-12-20-6-8-24-9-7-20/h2-5,10,12H,6-9,11H2,1H3/b18-12+. The number of morpholine rings is 1. The quantitative estimate of drug-likeness (QED) is 0.343. The minimum absolute atomic E-state index is 0.0635. The van der Waals surface area contributed by atoms with E-state index in [0.29, 0.717) is 11.6 Å². The molecule has 9 nitrogen and oxygen atoms in total. The van der Waals surface area contributed by atoms with Crippen LogP contribution in [0, 0.1) is 10.1 Å². The van der Waals surface area contributed by atoms with E-state index >= 15 is 0 Å². The molecule has 1 fully saturated rings. The molecule has 0 atom stereocenters. The van der Waals surface area contributed by atoms with Gasteiger partial charge in [-0.3, -0.25) is 0 Å². The molecule has 0 N–H and O–H groups in total. The molecule has 1 saturated heterocycles. The third-order valence-corrected chi connectivity index (χ3v) is 3.87. The molecule has 0 aliphatic carbocycles. The van der Waals surface area contributed by atoms with Crippen LogP contribution < -0.4 is 4.74 Å². The van der Waals surface area contributed by atoms with Crippen LogP contribution in [0.1, 0.15) is 5.82 Å². The molecular weight excluding hydrogens is 326 g/mol. The van der Waals surface area contributed by atoms with E-state index in [1.54, 1.807) is 7.05 Å². The minimum Gasteiger partial charge on any atom is -0.483 e. The van der Waals surface area contributed by atoms with Crippen LogP contribution in [0.5, 0.6) is 5.75 Å². The van der Waals surface area contributed by atoms with Crippen LogP contribution in [0.15, 0.2) is 35.5 Å². The molecule has 3 rings (SSSR count). The fraction of sp³-hybridized carbons (Fsp3) is 0.375. The summed E-state index contributed by atoms with van der Waals surface area (Å²) in [5.74, 6) is 1.07. The smallest absolute Gasteiger partial charge is 0.342 e. The summed E-state index contributed by atoms with van der Waals surface area (Å²) in [6.45, 7) is 3.30. The monoisotopic (exact) mass is 345 g/mol. The molecule has 0 radical (unpaired) electrons. The Bertz CT molecular complexity index is 750. The van der Waals surface area contributed by atoms with E-state index < -0.39 is 4.92 Å². The average Bonchev–Trinajstić information content (AvgIpc) is 3.01. The van der Waals surface area contributed by atoms with Gasteiger partial charge in [-0.2, -0.15) is 0 Å². The lowest BCUT2D eigenvalue weighted by molar-refractivity contribution is -0.391. The largest absolute Gasteiger partial charge is 0.483 e. The van der Waals surface area contributed by atoms with Gasteiger partial charge in [-0.05, 0) is 29.2 Å². The van der Waals surface area contributed by atoms with Crippen molar-refractivity contribution in [3.05, 3.63) is 46.4 Å². The van der Waals surface area contributed by atoms with Crippen LogP contribution in [-0.2, 0) is 18.4 Å². The molecule has 0 bridgehead atoms. The third kappa shape index (κ3) is 4.32. The highest BCUT2D eigenvalue weighted by Crippen LogP contribution is 2.19. The number of nitro groups is 1. The Labute approximate surface area is 144 Å². The normalized spacial score (nSPS) is 14.8. The van der Waals surface area contributed by atoms with Gasteiger partial charge in [0, 0.05) is 13.1 Å². The fourth-order valence-corrected chi connectivity index (χ4v) is 2.36. The number of aliphatic imine (C=N–C) groups is 1. The highest BCUT2D eigenvalue weighted by Gasteiger charge is 2.16. The van der Waals surface area contributed by atoms with Gasteiger partial charge in [0.1, 0.15) is 11.9 Å². The second-order valence-corrected chi connectivity index (χ2v) is 5.52. The van der Waals surface area contributed by atoms with E-state index in [0.717, 1.165) is 32.0 Å². The first kappa shape index (κ1) is 16.9. The van der Waals surface area contributed by atoms with Crippen LogP contribution in [0.4, 0.5) is 11.5 Å². The fourth-order valence-electron chi connectivity index (χ4n) is 2.36. The zero-order valence-electron chi connectivity index (χ0n) is 13.9. The van der Waals surface area contributed by atoms with Crippen molar-refractivity contribution in [2.45, 2.75) is 6.61 Å². The molecule has 1 aromatic heterocycles. The number of imidazole rings is 1. The van der Waals surface area contributed by atoms with Gasteiger partial charge in [-0.1, -0.05) is 0 Å². The summed E-state index contributed by atoms with van der Waals surface area (Å²) in [6.07, 6.45) is 3.05. The number of hydrogen-bond donors (Lipinski definition) is 0. The predicted octanol–water partition coefficient (Wildman–Crippen LogP) is 1.90. The first-order valence-corrected chi connectivity index (χ1v) is 7.87. The molecule has 1 aromatic carbocycles. The Kier molecular flexibility index (Phi) is 5.24. The number of nitrogens with zero attached hydrogens (tertiary/aromatic N) is 5. The topological polar surface area (TPSA) is 95.0 Å². The highest BCUT2D eigenvalue weighted by atomic mass is 16.6. The van der Waals surface area contributed by atoms with Gasteiger partial charge in [0.25, 0.3) is 0 Å². The Morgan fingerprint density at radius 3 is 2.72 bits per heavy atom. The zero-order valence-corrected chi connectivity index (χ0v) is 13.9.